The number of rotatable bonds is 5. The summed E-state index contributed by atoms with van der Waals surface area (Å²) < 4.78 is 1.34. The predicted molar refractivity (Wildman–Crippen MR) is 101 cm³/mol. The van der Waals surface area contributed by atoms with Gasteiger partial charge in [0.2, 0.25) is 5.95 Å². The zero-order valence-corrected chi connectivity index (χ0v) is 14.3. The maximum Gasteiger partial charge on any atom is 0.254 e. The molecule has 0 radical (unpaired) electrons. The van der Waals surface area contributed by atoms with Gasteiger partial charge in [0, 0.05) is 19.7 Å². The number of aromatic nitrogens is 2. The molecule has 3 aromatic rings. The zero-order valence-electron chi connectivity index (χ0n) is 14.3. The molecule has 1 heterocycles. The Bertz CT molecular complexity index is 929. The molecule has 128 valence electrons. The number of benzene rings is 2. The number of nitrogens with two attached hydrogens (primary N) is 2. The smallest absolute Gasteiger partial charge is 0.254 e. The lowest BCUT2D eigenvalue weighted by atomic mass is 9.99. The number of aryl methyl sites for hydroxylation is 2. The highest BCUT2D eigenvalue weighted by Gasteiger charge is 2.05. The van der Waals surface area contributed by atoms with E-state index < -0.39 is 0 Å². The molecule has 2 aromatic carbocycles. The molecule has 0 aliphatic rings. The third kappa shape index (κ3) is 3.95. The van der Waals surface area contributed by atoms with Gasteiger partial charge in [-0.15, -0.1) is 0 Å². The molecule has 0 fully saturated rings. The molecule has 0 amide bonds. The fourth-order valence-electron chi connectivity index (χ4n) is 2.75. The fourth-order valence-corrected chi connectivity index (χ4v) is 2.75. The van der Waals surface area contributed by atoms with Crippen LogP contribution in [-0.2, 0) is 26.4 Å². The largest absolute Gasteiger partial charge is 0.369 e. The van der Waals surface area contributed by atoms with Gasteiger partial charge in [0.05, 0.1) is 5.69 Å². The van der Waals surface area contributed by atoms with Crippen molar-refractivity contribution in [1.29, 1.82) is 0 Å². The number of nitrogens with zero attached hydrogens (tertiary/aromatic N) is 2. The van der Waals surface area contributed by atoms with E-state index in [0.29, 0.717) is 13.0 Å². The second kappa shape index (κ2) is 7.32. The summed E-state index contributed by atoms with van der Waals surface area (Å²) in [5.41, 5.74) is 16.6. The summed E-state index contributed by atoms with van der Waals surface area (Å²) >= 11 is 0. The highest BCUT2D eigenvalue weighted by atomic mass is 16.1. The first kappa shape index (κ1) is 16.9. The molecule has 0 saturated heterocycles. The SMILES string of the molecule is Cn1c(N)nc(CCc2cccc(-c3ccc(CN)cc3)c2)cc1=O. The summed E-state index contributed by atoms with van der Waals surface area (Å²) in [6.07, 6.45) is 1.48. The van der Waals surface area contributed by atoms with Crippen molar-refractivity contribution < 1.29 is 0 Å². The normalized spacial score (nSPS) is 10.8. The predicted octanol–water partition coefficient (Wildman–Crippen LogP) is 2.27. The van der Waals surface area contributed by atoms with Gasteiger partial charge in [-0.3, -0.25) is 9.36 Å². The zero-order chi connectivity index (χ0) is 17.8. The van der Waals surface area contributed by atoms with Gasteiger partial charge in [0.15, 0.2) is 0 Å². The first-order valence-corrected chi connectivity index (χ1v) is 8.27. The van der Waals surface area contributed by atoms with Crippen LogP contribution in [0.3, 0.4) is 0 Å². The van der Waals surface area contributed by atoms with Gasteiger partial charge in [-0.1, -0.05) is 48.5 Å². The Labute approximate surface area is 146 Å². The van der Waals surface area contributed by atoms with Crippen molar-refractivity contribution in [2.75, 3.05) is 5.73 Å². The third-order valence-electron chi connectivity index (χ3n) is 4.34. The Morgan fingerprint density at radius 3 is 2.40 bits per heavy atom. The van der Waals surface area contributed by atoms with Gasteiger partial charge in [-0.05, 0) is 35.1 Å². The van der Waals surface area contributed by atoms with Crippen molar-refractivity contribution in [3.63, 3.8) is 0 Å². The molecular weight excluding hydrogens is 312 g/mol. The standard InChI is InChI=1S/C20H22N4O/c1-24-19(25)12-18(23-20(24)22)10-7-14-3-2-4-17(11-14)16-8-5-15(13-21)6-9-16/h2-6,8-9,11-12H,7,10,13,21H2,1H3,(H2,22,23). The van der Waals surface area contributed by atoms with E-state index in [1.165, 1.54) is 10.1 Å². The molecule has 0 aliphatic carbocycles. The minimum Gasteiger partial charge on any atom is -0.369 e. The Balaban J connectivity index is 1.76. The molecule has 5 nitrogen and oxygen atoms in total. The number of hydrogen-bond donors (Lipinski definition) is 2. The van der Waals surface area contributed by atoms with Crippen molar-refractivity contribution in [1.82, 2.24) is 9.55 Å². The van der Waals surface area contributed by atoms with E-state index in [9.17, 15) is 4.79 Å². The van der Waals surface area contributed by atoms with E-state index in [0.717, 1.165) is 28.8 Å². The Hall–Kier alpha value is -2.92. The van der Waals surface area contributed by atoms with Crippen molar-refractivity contribution in [2.24, 2.45) is 12.8 Å². The monoisotopic (exact) mass is 334 g/mol. The molecular formula is C20H22N4O. The van der Waals surface area contributed by atoms with Crippen LogP contribution < -0.4 is 17.0 Å². The second-order valence-corrected chi connectivity index (χ2v) is 6.10. The summed E-state index contributed by atoms with van der Waals surface area (Å²) in [5.74, 6) is 0.247. The van der Waals surface area contributed by atoms with Crippen molar-refractivity contribution in [3.8, 4) is 11.1 Å². The van der Waals surface area contributed by atoms with Crippen LogP contribution in [0.5, 0.6) is 0 Å². The molecule has 3 rings (SSSR count). The fraction of sp³-hybridized carbons (Fsp3) is 0.200. The summed E-state index contributed by atoms with van der Waals surface area (Å²) in [6.45, 7) is 0.549. The second-order valence-electron chi connectivity index (χ2n) is 6.10. The Kier molecular flexibility index (Phi) is 4.95. The topological polar surface area (TPSA) is 86.9 Å². The lowest BCUT2D eigenvalue weighted by Crippen LogP contribution is -2.21. The minimum atomic E-state index is -0.128. The van der Waals surface area contributed by atoms with Crippen LogP contribution in [0.1, 0.15) is 16.8 Å². The third-order valence-corrected chi connectivity index (χ3v) is 4.34. The van der Waals surface area contributed by atoms with E-state index >= 15 is 0 Å². The lowest BCUT2D eigenvalue weighted by molar-refractivity contribution is 0.806. The van der Waals surface area contributed by atoms with E-state index in [1.807, 2.05) is 6.07 Å². The lowest BCUT2D eigenvalue weighted by Gasteiger charge is -2.08. The van der Waals surface area contributed by atoms with Crippen molar-refractivity contribution in [2.45, 2.75) is 19.4 Å². The van der Waals surface area contributed by atoms with Gasteiger partial charge < -0.3 is 11.5 Å². The maximum atomic E-state index is 11.8. The van der Waals surface area contributed by atoms with E-state index in [-0.39, 0.29) is 11.5 Å². The average Bonchev–Trinajstić information content (AvgIpc) is 2.64. The van der Waals surface area contributed by atoms with Crippen LogP contribution in [-0.4, -0.2) is 9.55 Å². The van der Waals surface area contributed by atoms with E-state index in [2.05, 4.69) is 47.4 Å². The number of nitrogen functional groups attached to an aromatic ring is 1. The summed E-state index contributed by atoms with van der Waals surface area (Å²) in [6, 6.07) is 18.2. The van der Waals surface area contributed by atoms with Crippen molar-refractivity contribution in [3.05, 3.63) is 81.8 Å². The highest BCUT2D eigenvalue weighted by molar-refractivity contribution is 5.64. The number of anilines is 1. The van der Waals surface area contributed by atoms with Crippen LogP contribution in [0, 0.1) is 0 Å². The van der Waals surface area contributed by atoms with Gasteiger partial charge in [0.25, 0.3) is 5.56 Å². The first-order valence-electron chi connectivity index (χ1n) is 8.27. The molecule has 0 unspecified atom stereocenters. The van der Waals surface area contributed by atoms with E-state index in [4.69, 9.17) is 11.5 Å². The molecule has 0 bridgehead atoms. The molecule has 25 heavy (non-hydrogen) atoms. The summed E-state index contributed by atoms with van der Waals surface area (Å²) in [7, 11) is 1.62. The van der Waals surface area contributed by atoms with Crippen LogP contribution in [0.25, 0.3) is 11.1 Å². The molecule has 0 spiro atoms. The Morgan fingerprint density at radius 2 is 1.72 bits per heavy atom. The van der Waals surface area contributed by atoms with Gasteiger partial charge >= 0.3 is 0 Å². The van der Waals surface area contributed by atoms with E-state index in [1.54, 1.807) is 13.1 Å². The molecule has 4 N–H and O–H groups in total. The van der Waals surface area contributed by atoms with Crippen LogP contribution in [0.4, 0.5) is 5.95 Å². The highest BCUT2D eigenvalue weighted by Crippen LogP contribution is 2.21. The Morgan fingerprint density at radius 1 is 0.960 bits per heavy atom. The van der Waals surface area contributed by atoms with Crippen LogP contribution in [0.15, 0.2) is 59.4 Å². The summed E-state index contributed by atoms with van der Waals surface area (Å²) in [5, 5.41) is 0. The first-order chi connectivity index (χ1) is 12.1. The quantitative estimate of drug-likeness (QED) is 0.749. The van der Waals surface area contributed by atoms with Crippen LogP contribution >= 0.6 is 0 Å². The summed E-state index contributed by atoms with van der Waals surface area (Å²) in [4.78, 5) is 16.1. The van der Waals surface area contributed by atoms with Gasteiger partial charge in [-0.2, -0.15) is 0 Å². The molecule has 1 aromatic heterocycles. The minimum absolute atomic E-state index is 0.128. The number of hydrogen-bond acceptors (Lipinski definition) is 4. The van der Waals surface area contributed by atoms with Gasteiger partial charge in [0.1, 0.15) is 0 Å². The van der Waals surface area contributed by atoms with Gasteiger partial charge in [-0.25, -0.2) is 4.98 Å². The van der Waals surface area contributed by atoms with Crippen molar-refractivity contribution >= 4 is 5.95 Å². The van der Waals surface area contributed by atoms with Crippen LogP contribution in [0.2, 0.25) is 0 Å². The molecule has 5 heteroatoms. The molecule has 0 saturated carbocycles. The molecule has 0 aliphatic heterocycles. The molecule has 0 atom stereocenters. The maximum absolute atomic E-state index is 11.8. The average molecular weight is 334 g/mol.